The first-order valence-electron chi connectivity index (χ1n) is 14.0. The topological polar surface area (TPSA) is 122 Å². The summed E-state index contributed by atoms with van der Waals surface area (Å²) < 4.78 is 35.3. The number of esters is 1. The highest BCUT2D eigenvalue weighted by Crippen LogP contribution is 2.38. The molecule has 236 valence electrons. The molecule has 12 heteroatoms. The van der Waals surface area contributed by atoms with Gasteiger partial charge < -0.3 is 19.5 Å². The van der Waals surface area contributed by atoms with Gasteiger partial charge in [0.2, 0.25) is 0 Å². The second kappa shape index (κ2) is 13.9. The Balaban J connectivity index is 1.58. The molecule has 1 aliphatic heterocycles. The number of aliphatic hydroxyl groups is 1. The van der Waals surface area contributed by atoms with Gasteiger partial charge in [-0.15, -0.1) is 0 Å². The third-order valence-corrected chi connectivity index (χ3v) is 8.85. The lowest BCUT2D eigenvalue weighted by atomic mass is 9.96. The van der Waals surface area contributed by atoms with Gasteiger partial charge in [0.1, 0.15) is 24.5 Å². The van der Waals surface area contributed by atoms with Crippen molar-refractivity contribution in [1.29, 1.82) is 0 Å². The fourth-order valence-corrected chi connectivity index (χ4v) is 6.34. The molecule has 1 heterocycles. The van der Waals surface area contributed by atoms with Crippen LogP contribution >= 0.6 is 23.2 Å². The predicted octanol–water partition coefficient (Wildman–Crippen LogP) is 5.63. The van der Waals surface area contributed by atoms with Crippen LogP contribution in [0.25, 0.3) is 0 Å². The molecule has 0 saturated carbocycles. The zero-order valence-corrected chi connectivity index (χ0v) is 27.3. The molecule has 1 amide bonds. The average molecular weight is 664 g/mol. The minimum atomic E-state index is -3.49. The summed E-state index contributed by atoms with van der Waals surface area (Å²) in [4.78, 5) is 27.6. The standard InChI is InChI=1S/C32H36Cl2N2O7S/c1-32(2,3)43-31(39)36-14-13-24-22(18-36)17-25(33)27(28(24)34)29(37)35-26(30(38)42-19-20-9-6-5-7-10-20)16-21-11-8-12-23(15-21)44(4,40)41/h5-12,15,17,26,29,35,37H,13-14,16,18-19H2,1-4H3/t26-,29?/m0/s1. The first kappa shape index (κ1) is 33.7. The van der Waals surface area contributed by atoms with Crippen molar-refractivity contribution in [1.82, 2.24) is 10.2 Å². The number of carbonyl (C=O) groups is 2. The molecule has 2 N–H and O–H groups in total. The lowest BCUT2D eigenvalue weighted by molar-refractivity contribution is -0.148. The maximum Gasteiger partial charge on any atom is 0.410 e. The maximum atomic E-state index is 13.3. The van der Waals surface area contributed by atoms with E-state index in [1.807, 2.05) is 30.3 Å². The molecule has 0 spiro atoms. The summed E-state index contributed by atoms with van der Waals surface area (Å²) in [6.45, 7) is 5.99. The van der Waals surface area contributed by atoms with Crippen molar-refractivity contribution in [2.45, 2.75) is 69.5 Å². The van der Waals surface area contributed by atoms with Crippen molar-refractivity contribution in [2.75, 3.05) is 12.8 Å². The summed E-state index contributed by atoms with van der Waals surface area (Å²) in [7, 11) is -3.49. The van der Waals surface area contributed by atoms with Crippen LogP contribution in [-0.2, 0) is 50.1 Å². The second-order valence-corrected chi connectivity index (χ2v) is 14.5. The first-order valence-corrected chi connectivity index (χ1v) is 16.7. The van der Waals surface area contributed by atoms with Crippen LogP contribution in [0.4, 0.5) is 4.79 Å². The normalized spacial score (nSPS) is 14.8. The SMILES string of the molecule is CC(C)(C)OC(=O)N1CCc2c(cc(Cl)c(C(O)N[C@@H](Cc3cccc(S(C)(=O)=O)c3)C(=O)OCc3ccccc3)c2Cl)C1. The van der Waals surface area contributed by atoms with Gasteiger partial charge in [0.25, 0.3) is 0 Å². The Morgan fingerprint density at radius 2 is 1.73 bits per heavy atom. The van der Waals surface area contributed by atoms with E-state index >= 15 is 0 Å². The van der Waals surface area contributed by atoms with Crippen LogP contribution in [0.15, 0.2) is 65.6 Å². The van der Waals surface area contributed by atoms with Gasteiger partial charge in [-0.1, -0.05) is 65.7 Å². The summed E-state index contributed by atoms with van der Waals surface area (Å²) in [6.07, 6.45) is -0.397. The van der Waals surface area contributed by atoms with Crippen LogP contribution in [-0.4, -0.2) is 54.9 Å². The minimum Gasteiger partial charge on any atom is -0.460 e. The molecule has 4 rings (SSSR count). The number of ether oxygens (including phenoxy) is 2. The number of sulfone groups is 1. The Morgan fingerprint density at radius 3 is 2.39 bits per heavy atom. The van der Waals surface area contributed by atoms with E-state index in [0.29, 0.717) is 18.5 Å². The smallest absolute Gasteiger partial charge is 0.410 e. The summed E-state index contributed by atoms with van der Waals surface area (Å²) in [5.41, 5.74) is 2.32. The van der Waals surface area contributed by atoms with Crippen molar-refractivity contribution >= 4 is 45.1 Å². The number of fused-ring (bicyclic) bond motifs is 1. The van der Waals surface area contributed by atoms with Crippen molar-refractivity contribution in [3.8, 4) is 0 Å². The third-order valence-electron chi connectivity index (χ3n) is 7.00. The van der Waals surface area contributed by atoms with Crippen LogP contribution in [0.3, 0.4) is 0 Å². The molecule has 0 bridgehead atoms. The van der Waals surface area contributed by atoms with E-state index in [-0.39, 0.29) is 40.1 Å². The second-order valence-electron chi connectivity index (χ2n) is 11.7. The molecule has 0 aromatic heterocycles. The van der Waals surface area contributed by atoms with Crippen LogP contribution in [0.5, 0.6) is 0 Å². The largest absolute Gasteiger partial charge is 0.460 e. The van der Waals surface area contributed by atoms with Gasteiger partial charge in [0.15, 0.2) is 9.84 Å². The molecule has 0 fully saturated rings. The highest BCUT2D eigenvalue weighted by molar-refractivity contribution is 7.90. The molecule has 0 radical (unpaired) electrons. The lowest BCUT2D eigenvalue weighted by Gasteiger charge is -2.32. The van der Waals surface area contributed by atoms with E-state index in [1.54, 1.807) is 43.9 Å². The molecule has 2 atom stereocenters. The zero-order valence-electron chi connectivity index (χ0n) is 25.0. The molecule has 0 aliphatic carbocycles. The average Bonchev–Trinajstić information content (AvgIpc) is 2.94. The van der Waals surface area contributed by atoms with Gasteiger partial charge in [-0.3, -0.25) is 10.1 Å². The molecule has 3 aromatic rings. The monoisotopic (exact) mass is 662 g/mol. The molecular weight excluding hydrogens is 627 g/mol. The molecule has 3 aromatic carbocycles. The van der Waals surface area contributed by atoms with Crippen molar-refractivity contribution < 1.29 is 32.6 Å². The number of hydrogen-bond donors (Lipinski definition) is 2. The number of nitrogens with one attached hydrogen (secondary N) is 1. The van der Waals surface area contributed by atoms with E-state index in [4.69, 9.17) is 32.7 Å². The number of benzene rings is 3. The van der Waals surface area contributed by atoms with E-state index in [0.717, 1.165) is 22.9 Å². The Morgan fingerprint density at radius 1 is 1.05 bits per heavy atom. The number of aliphatic hydroxyl groups excluding tert-OH is 1. The highest BCUT2D eigenvalue weighted by Gasteiger charge is 2.31. The molecule has 1 unspecified atom stereocenters. The summed E-state index contributed by atoms with van der Waals surface area (Å²) in [6, 6.07) is 15.9. The summed E-state index contributed by atoms with van der Waals surface area (Å²) in [5, 5.41) is 14.6. The predicted molar refractivity (Wildman–Crippen MR) is 168 cm³/mol. The lowest BCUT2D eigenvalue weighted by Crippen LogP contribution is -2.42. The molecule has 0 saturated heterocycles. The third kappa shape index (κ3) is 8.73. The number of rotatable bonds is 9. The van der Waals surface area contributed by atoms with Crippen LogP contribution in [0.2, 0.25) is 10.0 Å². The Hall–Kier alpha value is -3.15. The van der Waals surface area contributed by atoms with Crippen molar-refractivity contribution in [3.05, 3.63) is 98.5 Å². The number of carbonyl (C=O) groups excluding carboxylic acids is 2. The van der Waals surface area contributed by atoms with E-state index in [1.165, 1.54) is 12.1 Å². The van der Waals surface area contributed by atoms with Gasteiger partial charge in [-0.25, -0.2) is 13.2 Å². The zero-order chi connectivity index (χ0) is 32.2. The van der Waals surface area contributed by atoms with Gasteiger partial charge in [0, 0.05) is 29.9 Å². The Labute approximate surface area is 268 Å². The van der Waals surface area contributed by atoms with Gasteiger partial charge in [-0.2, -0.15) is 0 Å². The molecular formula is C32H36Cl2N2O7S. The van der Waals surface area contributed by atoms with E-state index < -0.39 is 39.8 Å². The number of hydrogen-bond acceptors (Lipinski definition) is 8. The molecule has 44 heavy (non-hydrogen) atoms. The molecule has 9 nitrogen and oxygen atoms in total. The number of halogens is 2. The van der Waals surface area contributed by atoms with Crippen LogP contribution in [0, 0.1) is 0 Å². The van der Waals surface area contributed by atoms with Crippen LogP contribution < -0.4 is 5.32 Å². The Bertz CT molecular complexity index is 1630. The molecule has 1 aliphatic rings. The van der Waals surface area contributed by atoms with Gasteiger partial charge in [0.05, 0.1) is 9.92 Å². The van der Waals surface area contributed by atoms with E-state index in [9.17, 15) is 23.1 Å². The van der Waals surface area contributed by atoms with Crippen molar-refractivity contribution in [3.63, 3.8) is 0 Å². The highest BCUT2D eigenvalue weighted by atomic mass is 35.5. The van der Waals surface area contributed by atoms with Crippen LogP contribution in [0.1, 0.15) is 54.8 Å². The number of nitrogens with zero attached hydrogens (tertiary/aromatic N) is 1. The quantitative estimate of drug-likeness (QED) is 0.223. The van der Waals surface area contributed by atoms with Gasteiger partial charge in [-0.05, 0) is 74.1 Å². The Kier molecular flexibility index (Phi) is 10.6. The van der Waals surface area contributed by atoms with Crippen molar-refractivity contribution in [2.24, 2.45) is 0 Å². The summed E-state index contributed by atoms with van der Waals surface area (Å²) >= 11 is 13.4. The fraction of sp³-hybridized carbons (Fsp3) is 0.375. The number of amides is 1. The minimum absolute atomic E-state index is 0.00579. The first-order chi connectivity index (χ1) is 20.6. The maximum absolute atomic E-state index is 13.3. The van der Waals surface area contributed by atoms with Gasteiger partial charge >= 0.3 is 12.1 Å². The van der Waals surface area contributed by atoms with E-state index in [2.05, 4.69) is 5.32 Å². The summed E-state index contributed by atoms with van der Waals surface area (Å²) in [5.74, 6) is -0.657. The fourth-order valence-electron chi connectivity index (χ4n) is 4.85.